The van der Waals surface area contributed by atoms with Crippen LogP contribution in [-0.2, 0) is 26.6 Å². The molecule has 2 aromatic carbocycles. The molecule has 0 saturated heterocycles. The number of rotatable bonds is 3. The van der Waals surface area contributed by atoms with E-state index in [-0.39, 0.29) is 35.8 Å². The molecule has 1 fully saturated rings. The number of amides is 1. The minimum atomic E-state index is -3.98. The summed E-state index contributed by atoms with van der Waals surface area (Å²) in [5, 5.41) is 11.1. The Morgan fingerprint density at radius 3 is 2.84 bits per heavy atom. The van der Waals surface area contributed by atoms with Crippen LogP contribution in [0.3, 0.4) is 0 Å². The maximum Gasteiger partial charge on any atom is 0.264 e. The van der Waals surface area contributed by atoms with Crippen molar-refractivity contribution in [1.29, 1.82) is 0 Å². The Kier molecular flexibility index (Phi) is 8.79. The molecule has 1 spiro atoms. The van der Waals surface area contributed by atoms with Gasteiger partial charge in [0.15, 0.2) is 0 Å². The third kappa shape index (κ3) is 6.19. The van der Waals surface area contributed by atoms with Crippen LogP contribution in [0.25, 0.3) is 0 Å². The van der Waals surface area contributed by atoms with Gasteiger partial charge in [-0.1, -0.05) is 29.8 Å². The highest BCUT2D eigenvalue weighted by Crippen LogP contribution is 2.46. The Labute approximate surface area is 259 Å². The Bertz CT molecular complexity index is 1500. The Balaban J connectivity index is 1.40. The molecule has 2 N–H and O–H groups in total. The van der Waals surface area contributed by atoms with E-state index in [4.69, 9.17) is 21.1 Å². The number of carbonyl (C=O) groups excluding carboxylic acids is 1. The van der Waals surface area contributed by atoms with Gasteiger partial charge in [0.2, 0.25) is 10.0 Å². The van der Waals surface area contributed by atoms with Crippen molar-refractivity contribution in [3.63, 3.8) is 0 Å². The standard InChI is InChI=1S/C33H41ClN2O6S/c1-41-16-14-26-6-2-3-7-30(37)27-11-8-24(27)19-36-20-33(15-4-5-22-17-25(34)10-12-28(22)33)21-42-31-13-9-23(18-29(31)36)32(38)35-43(26,39)40/h3,7,9-10,12-13,17-18,24,26-27,30,37H,2,4-6,8,11,14-16,19-21H2,1H3,(H,35,38)/b7-3-/t24-,26-,27+,30-,33-/m0/s1. The Hall–Kier alpha value is -2.59. The van der Waals surface area contributed by atoms with Crippen LogP contribution in [0.1, 0.15) is 66.4 Å². The van der Waals surface area contributed by atoms with Gasteiger partial charge in [-0.15, -0.1) is 0 Å². The van der Waals surface area contributed by atoms with Crippen molar-refractivity contribution in [2.75, 3.05) is 38.3 Å². The summed E-state index contributed by atoms with van der Waals surface area (Å²) in [5.74, 6) is 0.412. The third-order valence-electron chi connectivity index (χ3n) is 9.98. The van der Waals surface area contributed by atoms with E-state index in [0.29, 0.717) is 38.3 Å². The predicted molar refractivity (Wildman–Crippen MR) is 167 cm³/mol. The smallest absolute Gasteiger partial charge is 0.264 e. The van der Waals surface area contributed by atoms with E-state index in [9.17, 15) is 18.3 Å². The second kappa shape index (κ2) is 12.4. The van der Waals surface area contributed by atoms with E-state index in [1.165, 1.54) is 18.2 Å². The number of benzene rings is 2. The van der Waals surface area contributed by atoms with E-state index >= 15 is 0 Å². The lowest BCUT2D eigenvalue weighted by atomic mass is 9.68. The first-order valence-corrected chi connectivity index (χ1v) is 17.3. The number of aliphatic hydroxyl groups excluding tert-OH is 1. The van der Waals surface area contributed by atoms with E-state index < -0.39 is 27.3 Å². The molecule has 43 heavy (non-hydrogen) atoms. The highest BCUT2D eigenvalue weighted by Gasteiger charge is 2.44. The second-order valence-electron chi connectivity index (χ2n) is 12.7. The first-order valence-electron chi connectivity index (χ1n) is 15.4. The van der Waals surface area contributed by atoms with Crippen LogP contribution in [0.4, 0.5) is 5.69 Å². The van der Waals surface area contributed by atoms with Gasteiger partial charge in [-0.2, -0.15) is 0 Å². The highest BCUT2D eigenvalue weighted by atomic mass is 35.5. The number of methoxy groups -OCH3 is 1. The summed E-state index contributed by atoms with van der Waals surface area (Å²) in [4.78, 5) is 15.8. The number of nitrogens with zero attached hydrogens (tertiary/aromatic N) is 1. The largest absolute Gasteiger partial charge is 0.490 e. The minimum Gasteiger partial charge on any atom is -0.490 e. The number of ether oxygens (including phenoxy) is 2. The number of fused-ring (bicyclic) bond motifs is 4. The molecule has 0 radical (unpaired) electrons. The molecule has 6 rings (SSSR count). The van der Waals surface area contributed by atoms with Crippen LogP contribution >= 0.6 is 11.6 Å². The number of halogens is 1. The molecule has 1 saturated carbocycles. The fraction of sp³-hybridized carbons (Fsp3) is 0.545. The summed E-state index contributed by atoms with van der Waals surface area (Å²) in [7, 11) is -2.45. The number of hydrogen-bond donors (Lipinski definition) is 2. The van der Waals surface area contributed by atoms with Crippen molar-refractivity contribution in [2.24, 2.45) is 11.8 Å². The maximum absolute atomic E-state index is 13.4. The van der Waals surface area contributed by atoms with Gasteiger partial charge in [0.1, 0.15) is 5.75 Å². The van der Waals surface area contributed by atoms with Crippen LogP contribution in [0.5, 0.6) is 5.75 Å². The van der Waals surface area contributed by atoms with Crippen LogP contribution < -0.4 is 14.4 Å². The van der Waals surface area contributed by atoms with Gasteiger partial charge in [-0.05, 0) is 105 Å². The Morgan fingerprint density at radius 1 is 1.19 bits per heavy atom. The highest BCUT2D eigenvalue weighted by molar-refractivity contribution is 7.90. The fourth-order valence-electron chi connectivity index (χ4n) is 7.45. The zero-order valence-corrected chi connectivity index (χ0v) is 26.2. The maximum atomic E-state index is 13.4. The molecule has 10 heteroatoms. The molecule has 2 heterocycles. The number of aryl methyl sites for hydroxylation is 1. The summed E-state index contributed by atoms with van der Waals surface area (Å²) in [6, 6.07) is 11.4. The van der Waals surface area contributed by atoms with Gasteiger partial charge in [0.25, 0.3) is 5.91 Å². The summed E-state index contributed by atoms with van der Waals surface area (Å²) in [6.07, 6.45) is 9.07. The van der Waals surface area contributed by atoms with Gasteiger partial charge in [0.05, 0.1) is 23.6 Å². The molecule has 1 amide bonds. The SMILES string of the molecule is COCC[C@@H]1CC/C=C\[C@H](O)[C@@H]2CC[C@H]2CN2C[C@@]3(CCCc4cc(Cl)ccc43)COc3ccc(cc32)C(=O)NS1(=O)=O. The lowest BCUT2D eigenvalue weighted by Crippen LogP contribution is -2.49. The van der Waals surface area contributed by atoms with E-state index in [1.54, 1.807) is 18.2 Å². The Morgan fingerprint density at radius 2 is 2.05 bits per heavy atom. The zero-order valence-electron chi connectivity index (χ0n) is 24.6. The van der Waals surface area contributed by atoms with Crippen molar-refractivity contribution >= 4 is 33.2 Å². The summed E-state index contributed by atoms with van der Waals surface area (Å²) < 4.78 is 40.8. The summed E-state index contributed by atoms with van der Waals surface area (Å²) in [6.45, 7) is 2.15. The summed E-state index contributed by atoms with van der Waals surface area (Å²) in [5.41, 5.74) is 3.28. The van der Waals surface area contributed by atoms with Gasteiger partial charge >= 0.3 is 0 Å². The first kappa shape index (κ1) is 30.4. The molecular formula is C33H41ClN2O6S. The van der Waals surface area contributed by atoms with Gasteiger partial charge < -0.3 is 19.5 Å². The number of nitrogens with one attached hydrogen (secondary N) is 1. The average molecular weight is 629 g/mol. The van der Waals surface area contributed by atoms with Crippen LogP contribution in [0, 0.1) is 11.8 Å². The fourth-order valence-corrected chi connectivity index (χ4v) is 9.04. The third-order valence-corrected chi connectivity index (χ3v) is 12.0. The number of allylic oxidation sites excluding steroid dienone is 1. The molecule has 2 aromatic rings. The monoisotopic (exact) mass is 628 g/mol. The second-order valence-corrected chi connectivity index (χ2v) is 15.1. The van der Waals surface area contributed by atoms with Crippen LogP contribution in [-0.4, -0.2) is 64.2 Å². The molecule has 8 nitrogen and oxygen atoms in total. The average Bonchev–Trinajstić information content (AvgIpc) is 3.11. The molecule has 2 aliphatic carbocycles. The number of aliphatic hydroxyl groups is 1. The molecule has 0 aromatic heterocycles. The van der Waals surface area contributed by atoms with Crippen LogP contribution in [0.15, 0.2) is 48.6 Å². The van der Waals surface area contributed by atoms with Crippen molar-refractivity contribution in [1.82, 2.24) is 4.72 Å². The topological polar surface area (TPSA) is 105 Å². The van der Waals surface area contributed by atoms with E-state index in [1.807, 2.05) is 18.2 Å². The first-order chi connectivity index (χ1) is 20.7. The molecule has 232 valence electrons. The molecule has 5 atom stereocenters. The van der Waals surface area contributed by atoms with Gasteiger partial charge in [-0.25, -0.2) is 13.1 Å². The van der Waals surface area contributed by atoms with Crippen LogP contribution in [0.2, 0.25) is 5.02 Å². The molecule has 4 aliphatic rings. The summed E-state index contributed by atoms with van der Waals surface area (Å²) >= 11 is 6.39. The zero-order chi connectivity index (χ0) is 30.2. The lowest BCUT2D eigenvalue weighted by molar-refractivity contribution is 0.0456. The van der Waals surface area contributed by atoms with E-state index in [2.05, 4.69) is 21.8 Å². The van der Waals surface area contributed by atoms with Crippen molar-refractivity contribution in [3.05, 3.63) is 70.3 Å². The van der Waals surface area contributed by atoms with Crippen molar-refractivity contribution < 1.29 is 27.8 Å². The predicted octanol–water partition coefficient (Wildman–Crippen LogP) is 5.01. The molecular weight excluding hydrogens is 588 g/mol. The van der Waals surface area contributed by atoms with E-state index in [0.717, 1.165) is 42.8 Å². The number of sulfonamides is 1. The molecule has 0 unspecified atom stereocenters. The minimum absolute atomic E-state index is 0.115. The van der Waals surface area contributed by atoms with Crippen molar-refractivity contribution in [3.8, 4) is 5.75 Å². The van der Waals surface area contributed by atoms with Crippen molar-refractivity contribution in [2.45, 2.75) is 68.1 Å². The normalized spacial score (nSPS) is 31.0. The lowest BCUT2D eigenvalue weighted by Gasteiger charge is -2.45. The number of hydrogen-bond acceptors (Lipinski definition) is 7. The molecule has 2 aliphatic heterocycles. The molecule has 2 bridgehead atoms. The quantitative estimate of drug-likeness (QED) is 0.460. The number of carbonyl (C=O) groups is 1. The van der Waals surface area contributed by atoms with Gasteiger partial charge in [0, 0.05) is 42.8 Å². The van der Waals surface area contributed by atoms with Gasteiger partial charge in [-0.3, -0.25) is 4.79 Å². The number of anilines is 1.